The molecular weight excluding hydrogens is 434 g/mol. The fraction of sp³-hybridized carbons (Fsp3) is 0.226. The van der Waals surface area contributed by atoms with Gasteiger partial charge in [0.25, 0.3) is 5.91 Å². The second-order valence-corrected chi connectivity index (χ2v) is 10.4. The normalized spacial score (nSPS) is 17.6. The smallest absolute Gasteiger partial charge is 0.264 e. The highest BCUT2D eigenvalue weighted by Crippen LogP contribution is 2.43. The maximum absolute atomic E-state index is 13.6. The van der Waals surface area contributed by atoms with E-state index < -0.39 is 11.5 Å². The Bertz CT molecular complexity index is 1430. The number of benzene rings is 4. The quantitative estimate of drug-likeness (QED) is 0.362. The average molecular weight is 464 g/mol. The molecule has 4 heteroatoms. The van der Waals surface area contributed by atoms with Gasteiger partial charge in [-0.15, -0.1) is 0 Å². The molecule has 4 aromatic rings. The van der Waals surface area contributed by atoms with Gasteiger partial charge in [0, 0.05) is 11.1 Å². The molecular formula is C31H29NO3. The van der Waals surface area contributed by atoms with E-state index in [4.69, 9.17) is 0 Å². The predicted octanol–water partition coefficient (Wildman–Crippen LogP) is 6.14. The number of rotatable bonds is 5. The predicted molar refractivity (Wildman–Crippen MR) is 140 cm³/mol. The Morgan fingerprint density at radius 1 is 0.857 bits per heavy atom. The molecule has 0 aromatic heterocycles. The zero-order chi connectivity index (χ0) is 24.8. The summed E-state index contributed by atoms with van der Waals surface area (Å²) in [6.45, 7) is 6.66. The van der Waals surface area contributed by atoms with Gasteiger partial charge < -0.3 is 10.0 Å². The lowest BCUT2D eigenvalue weighted by Gasteiger charge is -2.23. The molecule has 0 aliphatic carbocycles. The highest BCUT2D eigenvalue weighted by molar-refractivity contribution is 6.10. The Kier molecular flexibility index (Phi) is 5.57. The van der Waals surface area contributed by atoms with Crippen molar-refractivity contribution in [3.8, 4) is 0 Å². The topological polar surface area (TPSA) is 57.6 Å². The number of hydrogen-bond donors (Lipinski definition) is 1. The van der Waals surface area contributed by atoms with Crippen LogP contribution in [0.5, 0.6) is 0 Å². The largest absolute Gasteiger partial charge is 0.375 e. The standard InChI is InChI=1S/C31H29NO3/c1-30(2,3)25-16-14-23(15-17-25)28(33)19-31(35)26-10-6-7-11-27(26)32(29(31)34)20-21-12-13-22-8-4-5-9-24(22)18-21/h4-18,35H,19-20H2,1-3H3. The first-order valence-corrected chi connectivity index (χ1v) is 11.9. The van der Waals surface area contributed by atoms with Crippen LogP contribution in [-0.4, -0.2) is 16.8 Å². The summed E-state index contributed by atoms with van der Waals surface area (Å²) in [6, 6.07) is 28.8. The summed E-state index contributed by atoms with van der Waals surface area (Å²) in [5, 5.41) is 13.9. The molecule has 0 bridgehead atoms. The van der Waals surface area contributed by atoms with E-state index in [0.717, 1.165) is 21.9 Å². The third-order valence-corrected chi connectivity index (χ3v) is 6.88. The van der Waals surface area contributed by atoms with Gasteiger partial charge in [-0.25, -0.2) is 0 Å². The van der Waals surface area contributed by atoms with E-state index in [1.807, 2.05) is 60.7 Å². The van der Waals surface area contributed by atoms with Crippen LogP contribution in [0.4, 0.5) is 5.69 Å². The molecule has 1 amide bonds. The summed E-state index contributed by atoms with van der Waals surface area (Å²) in [6.07, 6.45) is -0.300. The summed E-state index contributed by atoms with van der Waals surface area (Å²) in [4.78, 5) is 28.4. The monoisotopic (exact) mass is 463 g/mol. The molecule has 0 saturated carbocycles. The molecule has 4 nitrogen and oxygen atoms in total. The molecule has 0 saturated heterocycles. The van der Waals surface area contributed by atoms with Crippen LogP contribution in [0, 0.1) is 0 Å². The number of para-hydroxylation sites is 1. The first kappa shape index (κ1) is 23.0. The summed E-state index contributed by atoms with van der Waals surface area (Å²) >= 11 is 0. The van der Waals surface area contributed by atoms with Gasteiger partial charge in [0.05, 0.1) is 18.7 Å². The molecule has 5 rings (SSSR count). The van der Waals surface area contributed by atoms with Gasteiger partial charge in [0.1, 0.15) is 0 Å². The fourth-order valence-corrected chi connectivity index (χ4v) is 4.84. The first-order valence-electron chi connectivity index (χ1n) is 11.9. The lowest BCUT2D eigenvalue weighted by atomic mass is 9.85. The van der Waals surface area contributed by atoms with Crippen LogP contribution in [0.3, 0.4) is 0 Å². The van der Waals surface area contributed by atoms with Crippen molar-refractivity contribution in [1.29, 1.82) is 0 Å². The van der Waals surface area contributed by atoms with Crippen LogP contribution in [0.15, 0.2) is 91.0 Å². The van der Waals surface area contributed by atoms with Gasteiger partial charge in [0.15, 0.2) is 11.4 Å². The number of carbonyl (C=O) groups is 2. The molecule has 1 aliphatic heterocycles. The van der Waals surface area contributed by atoms with Crippen molar-refractivity contribution in [3.05, 3.63) is 113 Å². The van der Waals surface area contributed by atoms with E-state index in [-0.39, 0.29) is 17.6 Å². The fourth-order valence-electron chi connectivity index (χ4n) is 4.84. The lowest BCUT2D eigenvalue weighted by molar-refractivity contribution is -0.136. The Labute approximate surface area is 205 Å². The minimum absolute atomic E-state index is 0.0244. The molecule has 0 spiro atoms. The second kappa shape index (κ2) is 8.47. The minimum Gasteiger partial charge on any atom is -0.375 e. The second-order valence-electron chi connectivity index (χ2n) is 10.4. The van der Waals surface area contributed by atoms with Crippen molar-refractivity contribution in [3.63, 3.8) is 0 Å². The number of aliphatic hydroxyl groups is 1. The van der Waals surface area contributed by atoms with Gasteiger partial charge in [-0.3, -0.25) is 9.59 Å². The lowest BCUT2D eigenvalue weighted by Crippen LogP contribution is -2.41. The molecule has 4 aromatic carbocycles. The summed E-state index contributed by atoms with van der Waals surface area (Å²) in [7, 11) is 0. The van der Waals surface area contributed by atoms with Gasteiger partial charge in [-0.05, 0) is 39.4 Å². The van der Waals surface area contributed by atoms with E-state index in [1.54, 1.807) is 29.2 Å². The molecule has 1 heterocycles. The van der Waals surface area contributed by atoms with Crippen LogP contribution >= 0.6 is 0 Å². The third kappa shape index (κ3) is 4.15. The van der Waals surface area contributed by atoms with Gasteiger partial charge >= 0.3 is 0 Å². The molecule has 176 valence electrons. The average Bonchev–Trinajstić information content (AvgIpc) is 3.05. The SMILES string of the molecule is CC(C)(C)c1ccc(C(=O)CC2(O)C(=O)N(Cc3ccc4ccccc4c3)c3ccccc32)cc1. The van der Waals surface area contributed by atoms with Crippen molar-refractivity contribution in [2.75, 3.05) is 4.90 Å². The van der Waals surface area contributed by atoms with Crippen molar-refractivity contribution >= 4 is 28.2 Å². The number of amides is 1. The molecule has 1 N–H and O–H groups in total. The molecule has 1 unspecified atom stereocenters. The minimum atomic E-state index is -1.90. The van der Waals surface area contributed by atoms with E-state index in [9.17, 15) is 14.7 Å². The van der Waals surface area contributed by atoms with Gasteiger partial charge in [0.2, 0.25) is 0 Å². The molecule has 1 aliphatic rings. The number of fused-ring (bicyclic) bond motifs is 2. The maximum Gasteiger partial charge on any atom is 0.264 e. The summed E-state index contributed by atoms with van der Waals surface area (Å²) < 4.78 is 0. The van der Waals surface area contributed by atoms with Crippen LogP contribution in [-0.2, 0) is 22.4 Å². The zero-order valence-corrected chi connectivity index (χ0v) is 20.3. The molecule has 35 heavy (non-hydrogen) atoms. The van der Waals surface area contributed by atoms with Crippen molar-refractivity contribution in [1.82, 2.24) is 0 Å². The maximum atomic E-state index is 13.6. The Balaban J connectivity index is 1.44. The van der Waals surface area contributed by atoms with Crippen LogP contribution in [0.1, 0.15) is 54.2 Å². The zero-order valence-electron chi connectivity index (χ0n) is 20.3. The first-order chi connectivity index (χ1) is 16.7. The summed E-state index contributed by atoms with van der Waals surface area (Å²) in [5.74, 6) is -0.727. The third-order valence-electron chi connectivity index (χ3n) is 6.88. The van der Waals surface area contributed by atoms with Crippen molar-refractivity contribution in [2.24, 2.45) is 0 Å². The van der Waals surface area contributed by atoms with Gasteiger partial charge in [-0.1, -0.05) is 99.6 Å². The van der Waals surface area contributed by atoms with E-state index in [1.165, 1.54) is 0 Å². The van der Waals surface area contributed by atoms with E-state index in [0.29, 0.717) is 23.4 Å². The summed E-state index contributed by atoms with van der Waals surface area (Å²) in [5.41, 5.74) is 1.77. The number of Topliss-reactive ketones (excluding diaryl/α,β-unsaturated/α-hetero) is 1. The molecule has 0 radical (unpaired) electrons. The molecule has 1 atom stereocenters. The number of nitrogens with zero attached hydrogens (tertiary/aromatic N) is 1. The molecule has 0 fully saturated rings. The van der Waals surface area contributed by atoms with Crippen molar-refractivity contribution < 1.29 is 14.7 Å². The highest BCUT2D eigenvalue weighted by Gasteiger charge is 2.50. The van der Waals surface area contributed by atoms with Crippen LogP contribution in [0.2, 0.25) is 0 Å². The number of anilines is 1. The Morgan fingerprint density at radius 3 is 2.23 bits per heavy atom. The Hall–Kier alpha value is -3.76. The highest BCUT2D eigenvalue weighted by atomic mass is 16.3. The Morgan fingerprint density at radius 2 is 1.51 bits per heavy atom. The van der Waals surface area contributed by atoms with Crippen LogP contribution in [0.25, 0.3) is 10.8 Å². The van der Waals surface area contributed by atoms with Crippen LogP contribution < -0.4 is 4.90 Å². The van der Waals surface area contributed by atoms with E-state index >= 15 is 0 Å². The van der Waals surface area contributed by atoms with Crippen molar-refractivity contribution in [2.45, 2.75) is 44.8 Å². The number of hydrogen-bond acceptors (Lipinski definition) is 3. The number of ketones is 1. The number of carbonyl (C=O) groups excluding carboxylic acids is 2. The van der Waals surface area contributed by atoms with Gasteiger partial charge in [-0.2, -0.15) is 0 Å². The van der Waals surface area contributed by atoms with E-state index in [2.05, 4.69) is 26.8 Å².